The number of hydrogen-bond acceptors (Lipinski definition) is 1. The fraction of sp³-hybridized carbons (Fsp3) is 0.667. The van der Waals surface area contributed by atoms with E-state index >= 15 is 0 Å². The van der Waals surface area contributed by atoms with Crippen LogP contribution in [0.4, 0.5) is 0 Å². The van der Waals surface area contributed by atoms with Crippen LogP contribution in [0.5, 0.6) is 0 Å². The number of benzene rings is 1. The molecule has 0 aliphatic heterocycles. The number of aryl methyl sites for hydroxylation is 1. The molecule has 1 atom stereocenters. The van der Waals surface area contributed by atoms with Crippen LogP contribution in [0, 0.1) is 11.8 Å². The summed E-state index contributed by atoms with van der Waals surface area (Å²) < 4.78 is 0. The highest BCUT2D eigenvalue weighted by atomic mass is 16.3. The van der Waals surface area contributed by atoms with Crippen molar-refractivity contribution in [2.24, 2.45) is 11.8 Å². The molecule has 0 aromatic heterocycles. The van der Waals surface area contributed by atoms with Crippen LogP contribution in [0.15, 0.2) is 24.3 Å². The Kier molecular flexibility index (Phi) is 5.45. The predicted octanol–water partition coefficient (Wildman–Crippen LogP) is 4.89. The zero-order valence-corrected chi connectivity index (χ0v) is 12.4. The fourth-order valence-corrected chi connectivity index (χ4v) is 3.41. The molecule has 1 saturated carbocycles. The zero-order chi connectivity index (χ0) is 13.7. The second-order valence-corrected chi connectivity index (χ2v) is 6.13. The van der Waals surface area contributed by atoms with Crippen molar-refractivity contribution in [1.82, 2.24) is 0 Å². The molecule has 0 amide bonds. The Labute approximate surface area is 118 Å². The van der Waals surface area contributed by atoms with E-state index in [9.17, 15) is 5.11 Å². The first-order valence-electron chi connectivity index (χ1n) is 8.01. The van der Waals surface area contributed by atoms with Gasteiger partial charge in [0.2, 0.25) is 0 Å². The summed E-state index contributed by atoms with van der Waals surface area (Å²) in [5.74, 6) is 1.37. The molecule has 0 heterocycles. The highest BCUT2D eigenvalue weighted by molar-refractivity contribution is 5.25. The first-order chi connectivity index (χ1) is 9.24. The molecule has 1 aromatic carbocycles. The van der Waals surface area contributed by atoms with Crippen molar-refractivity contribution >= 4 is 0 Å². The van der Waals surface area contributed by atoms with Gasteiger partial charge in [-0.25, -0.2) is 0 Å². The Morgan fingerprint density at radius 2 is 1.89 bits per heavy atom. The second-order valence-electron chi connectivity index (χ2n) is 6.13. The van der Waals surface area contributed by atoms with Crippen molar-refractivity contribution in [1.29, 1.82) is 0 Å². The molecule has 0 bridgehead atoms. The average molecular weight is 260 g/mol. The molecule has 1 aromatic rings. The van der Waals surface area contributed by atoms with Crippen molar-refractivity contribution in [3.63, 3.8) is 0 Å². The lowest BCUT2D eigenvalue weighted by Crippen LogP contribution is -2.20. The van der Waals surface area contributed by atoms with Gasteiger partial charge in [0, 0.05) is 0 Å². The van der Waals surface area contributed by atoms with Crippen molar-refractivity contribution < 1.29 is 5.11 Å². The maximum absolute atomic E-state index is 10.6. The van der Waals surface area contributed by atoms with Gasteiger partial charge in [0.15, 0.2) is 0 Å². The predicted molar refractivity (Wildman–Crippen MR) is 81.1 cm³/mol. The summed E-state index contributed by atoms with van der Waals surface area (Å²) in [6, 6.07) is 8.57. The number of rotatable bonds is 5. The molecule has 0 spiro atoms. The summed E-state index contributed by atoms with van der Waals surface area (Å²) >= 11 is 0. The fourth-order valence-electron chi connectivity index (χ4n) is 3.41. The molecule has 2 rings (SSSR count). The quantitative estimate of drug-likeness (QED) is 0.799. The van der Waals surface area contributed by atoms with E-state index in [0.29, 0.717) is 5.92 Å². The van der Waals surface area contributed by atoms with Gasteiger partial charge in [-0.1, -0.05) is 63.8 Å². The van der Waals surface area contributed by atoms with E-state index in [4.69, 9.17) is 0 Å². The van der Waals surface area contributed by atoms with Crippen LogP contribution in [0.3, 0.4) is 0 Å². The monoisotopic (exact) mass is 260 g/mol. The Hall–Kier alpha value is -0.820. The Bertz CT molecular complexity index is 377. The summed E-state index contributed by atoms with van der Waals surface area (Å²) in [4.78, 5) is 0. The molecule has 0 radical (unpaired) electrons. The third-order valence-corrected chi connectivity index (χ3v) is 4.75. The molecule has 1 unspecified atom stereocenters. The number of aliphatic hydroxyl groups is 1. The molecule has 106 valence electrons. The van der Waals surface area contributed by atoms with E-state index in [1.165, 1.54) is 44.1 Å². The minimum absolute atomic E-state index is 0.255. The van der Waals surface area contributed by atoms with Gasteiger partial charge in [-0.2, -0.15) is 0 Å². The van der Waals surface area contributed by atoms with Gasteiger partial charge in [-0.3, -0.25) is 0 Å². The van der Waals surface area contributed by atoms with Gasteiger partial charge < -0.3 is 5.11 Å². The third kappa shape index (κ3) is 3.82. The van der Waals surface area contributed by atoms with Gasteiger partial charge in [-0.15, -0.1) is 0 Å². The minimum atomic E-state index is -0.255. The van der Waals surface area contributed by atoms with Crippen LogP contribution in [0.1, 0.15) is 69.6 Å². The highest BCUT2D eigenvalue weighted by Gasteiger charge is 2.26. The molecule has 1 heteroatoms. The first-order valence-corrected chi connectivity index (χ1v) is 8.01. The summed E-state index contributed by atoms with van der Waals surface area (Å²) in [5.41, 5.74) is 2.49. The molecular weight excluding hydrogens is 232 g/mol. The van der Waals surface area contributed by atoms with Crippen molar-refractivity contribution in [3.05, 3.63) is 35.4 Å². The first kappa shape index (κ1) is 14.6. The maximum Gasteiger partial charge on any atom is 0.0818 e. The van der Waals surface area contributed by atoms with E-state index < -0.39 is 0 Å². The van der Waals surface area contributed by atoms with Crippen LogP contribution in [0.25, 0.3) is 0 Å². The van der Waals surface area contributed by atoms with E-state index in [2.05, 4.69) is 38.1 Å². The Morgan fingerprint density at radius 1 is 1.16 bits per heavy atom. The molecule has 19 heavy (non-hydrogen) atoms. The molecule has 1 N–H and O–H groups in total. The number of hydrogen-bond donors (Lipinski definition) is 1. The van der Waals surface area contributed by atoms with Crippen molar-refractivity contribution in [2.45, 2.75) is 64.9 Å². The molecule has 1 aliphatic rings. The lowest BCUT2D eigenvalue weighted by Gasteiger charge is -2.31. The van der Waals surface area contributed by atoms with Crippen molar-refractivity contribution in [2.75, 3.05) is 0 Å². The minimum Gasteiger partial charge on any atom is -0.388 e. The lowest BCUT2D eigenvalue weighted by molar-refractivity contribution is 0.0729. The van der Waals surface area contributed by atoms with Crippen LogP contribution in [-0.4, -0.2) is 5.11 Å². The van der Waals surface area contributed by atoms with Gasteiger partial charge in [0.05, 0.1) is 6.10 Å². The Balaban J connectivity index is 1.99. The maximum atomic E-state index is 10.6. The highest BCUT2D eigenvalue weighted by Crippen LogP contribution is 2.37. The van der Waals surface area contributed by atoms with E-state index in [-0.39, 0.29) is 6.10 Å². The molecular formula is C18H28O. The molecule has 0 saturated heterocycles. The lowest BCUT2D eigenvalue weighted by atomic mass is 9.77. The van der Waals surface area contributed by atoms with Gasteiger partial charge in [0.25, 0.3) is 0 Å². The van der Waals surface area contributed by atoms with Gasteiger partial charge in [0.1, 0.15) is 0 Å². The third-order valence-electron chi connectivity index (χ3n) is 4.75. The summed E-state index contributed by atoms with van der Waals surface area (Å²) in [6.07, 6.45) is 8.31. The van der Waals surface area contributed by atoms with Gasteiger partial charge in [-0.05, 0) is 42.2 Å². The van der Waals surface area contributed by atoms with E-state index in [1.807, 2.05) is 0 Å². The van der Waals surface area contributed by atoms with Crippen LogP contribution < -0.4 is 0 Å². The van der Waals surface area contributed by atoms with Crippen LogP contribution in [-0.2, 0) is 6.42 Å². The van der Waals surface area contributed by atoms with Crippen LogP contribution >= 0.6 is 0 Å². The molecule has 1 aliphatic carbocycles. The topological polar surface area (TPSA) is 20.2 Å². The Morgan fingerprint density at radius 3 is 2.53 bits per heavy atom. The van der Waals surface area contributed by atoms with E-state index in [1.54, 1.807) is 0 Å². The summed E-state index contributed by atoms with van der Waals surface area (Å²) in [5, 5.41) is 10.6. The summed E-state index contributed by atoms with van der Waals surface area (Å²) in [6.45, 7) is 4.49. The second kappa shape index (κ2) is 7.09. The zero-order valence-electron chi connectivity index (χ0n) is 12.4. The molecule has 1 nitrogen and oxygen atoms in total. The largest absolute Gasteiger partial charge is 0.388 e. The smallest absolute Gasteiger partial charge is 0.0818 e. The average Bonchev–Trinajstić information content (AvgIpc) is 2.47. The number of aliphatic hydroxyl groups excluding tert-OH is 1. The normalized spacial score (nSPS) is 25.2. The van der Waals surface area contributed by atoms with Gasteiger partial charge >= 0.3 is 0 Å². The summed E-state index contributed by atoms with van der Waals surface area (Å²) in [7, 11) is 0. The standard InChI is InChI=1S/C18H28O/c1-3-6-15-7-5-8-17(13-15)18(19)16-11-9-14(4-2)10-12-16/h5,7-8,13-14,16,18-19H,3-4,6,9-12H2,1-2H3. The van der Waals surface area contributed by atoms with Crippen LogP contribution in [0.2, 0.25) is 0 Å². The SMILES string of the molecule is CCCc1cccc(C(O)C2CCC(CC)CC2)c1. The van der Waals surface area contributed by atoms with Crippen molar-refractivity contribution in [3.8, 4) is 0 Å². The van der Waals surface area contributed by atoms with E-state index in [0.717, 1.165) is 17.9 Å². The molecule has 1 fully saturated rings.